The van der Waals surface area contributed by atoms with Crippen LogP contribution in [0.4, 0.5) is 0 Å². The van der Waals surface area contributed by atoms with Crippen LogP contribution in [0.15, 0.2) is 35.4 Å². The van der Waals surface area contributed by atoms with Gasteiger partial charge in [0.05, 0.1) is 0 Å². The SMILES string of the molecule is CC1=[C-]CC=C1C.C[C](C)=[Ti+].Cc1cc(O)cc(C(C)(C)C)c1.[Cl-].[Cl-]. The van der Waals surface area contributed by atoms with Gasteiger partial charge in [-0.2, -0.15) is 6.08 Å². The van der Waals surface area contributed by atoms with Crippen molar-refractivity contribution in [2.45, 2.75) is 67.2 Å². The van der Waals surface area contributed by atoms with Gasteiger partial charge in [0.1, 0.15) is 5.75 Å². The third-order valence-corrected chi connectivity index (χ3v) is 3.30. The summed E-state index contributed by atoms with van der Waals surface area (Å²) in [6.07, 6.45) is 6.41. The fourth-order valence-corrected chi connectivity index (χ4v) is 1.85. The topological polar surface area (TPSA) is 20.2 Å². The van der Waals surface area contributed by atoms with Crippen molar-refractivity contribution in [3.05, 3.63) is 52.6 Å². The predicted molar refractivity (Wildman–Crippen MR) is 98.7 cm³/mol. The molecule has 0 atom stereocenters. The molecule has 1 aliphatic rings. The first-order valence-corrected chi connectivity index (χ1v) is 8.79. The Bertz CT molecular complexity index is 556. The maximum absolute atomic E-state index is 9.36. The molecule has 1 aromatic carbocycles. The van der Waals surface area contributed by atoms with Gasteiger partial charge < -0.3 is 29.9 Å². The Balaban J connectivity index is -0.000000320. The Labute approximate surface area is 178 Å². The largest absolute Gasteiger partial charge is 1.00 e. The quantitative estimate of drug-likeness (QED) is 0.459. The third-order valence-electron chi connectivity index (χ3n) is 3.30. The smallest absolute Gasteiger partial charge is 0.116 e. The molecule has 0 fully saturated rings. The normalized spacial score (nSPS) is 12.1. The van der Waals surface area contributed by atoms with E-state index in [1.165, 1.54) is 20.5 Å². The molecule has 1 nitrogen and oxygen atoms in total. The van der Waals surface area contributed by atoms with Gasteiger partial charge in [-0.05, 0) is 35.6 Å². The molecule has 0 saturated carbocycles. The average Bonchev–Trinajstić information content (AvgIpc) is 2.71. The van der Waals surface area contributed by atoms with Gasteiger partial charge in [-0.3, -0.25) is 6.08 Å². The molecule has 0 radical (unpaired) electrons. The van der Waals surface area contributed by atoms with Crippen molar-refractivity contribution >= 4 is 3.81 Å². The number of phenolic OH excluding ortho intramolecular Hbond substituents is 1. The van der Waals surface area contributed by atoms with E-state index in [0.29, 0.717) is 5.75 Å². The van der Waals surface area contributed by atoms with E-state index in [1.807, 2.05) is 13.0 Å². The van der Waals surface area contributed by atoms with Crippen LogP contribution in [0.5, 0.6) is 5.75 Å². The summed E-state index contributed by atoms with van der Waals surface area (Å²) in [5, 5.41) is 9.36. The zero-order valence-electron chi connectivity index (χ0n) is 16.7. The molecular formula is C21H31Cl2OTi-2. The second-order valence-corrected chi connectivity index (χ2v) is 8.76. The summed E-state index contributed by atoms with van der Waals surface area (Å²) < 4.78 is 1.42. The van der Waals surface area contributed by atoms with Crippen LogP contribution in [0.3, 0.4) is 0 Å². The van der Waals surface area contributed by atoms with Crippen LogP contribution in [-0.4, -0.2) is 8.92 Å². The Morgan fingerprint density at radius 1 is 1.04 bits per heavy atom. The monoisotopic (exact) mass is 417 g/mol. The van der Waals surface area contributed by atoms with Crippen molar-refractivity contribution < 1.29 is 49.9 Å². The van der Waals surface area contributed by atoms with Gasteiger partial charge in [0, 0.05) is 0 Å². The zero-order chi connectivity index (χ0) is 18.2. The van der Waals surface area contributed by atoms with E-state index in [2.05, 4.69) is 86.7 Å². The van der Waals surface area contributed by atoms with Crippen LogP contribution >= 0.6 is 0 Å². The number of halogens is 2. The summed E-state index contributed by atoms with van der Waals surface area (Å²) in [7, 11) is 0. The van der Waals surface area contributed by atoms with E-state index in [4.69, 9.17) is 0 Å². The van der Waals surface area contributed by atoms with Crippen molar-refractivity contribution in [2.24, 2.45) is 0 Å². The molecule has 0 spiro atoms. The van der Waals surface area contributed by atoms with Crippen molar-refractivity contribution in [2.75, 3.05) is 0 Å². The van der Waals surface area contributed by atoms with E-state index < -0.39 is 0 Å². The van der Waals surface area contributed by atoms with E-state index in [9.17, 15) is 5.11 Å². The minimum absolute atomic E-state index is 0. The van der Waals surface area contributed by atoms with Crippen LogP contribution in [0.25, 0.3) is 0 Å². The number of phenols is 1. The Morgan fingerprint density at radius 2 is 1.52 bits per heavy atom. The molecule has 1 aromatic rings. The van der Waals surface area contributed by atoms with Gasteiger partial charge in [-0.25, -0.2) is 11.1 Å². The maximum Gasteiger partial charge on any atom is 0.116 e. The number of rotatable bonds is 0. The molecule has 25 heavy (non-hydrogen) atoms. The molecule has 0 aromatic heterocycles. The number of allylic oxidation sites excluding steroid dienone is 4. The van der Waals surface area contributed by atoms with Gasteiger partial charge in [-0.1, -0.05) is 33.8 Å². The number of aromatic hydroxyl groups is 1. The first kappa shape index (κ1) is 29.4. The van der Waals surface area contributed by atoms with Crippen LogP contribution in [0.1, 0.15) is 66.0 Å². The summed E-state index contributed by atoms with van der Waals surface area (Å²) >= 11 is 2.08. The van der Waals surface area contributed by atoms with E-state index in [0.717, 1.165) is 12.0 Å². The molecule has 141 valence electrons. The van der Waals surface area contributed by atoms with Gasteiger partial charge >= 0.3 is 37.6 Å². The number of hydrogen-bond acceptors (Lipinski definition) is 1. The average molecular weight is 418 g/mol. The van der Waals surface area contributed by atoms with E-state index in [1.54, 1.807) is 6.07 Å². The summed E-state index contributed by atoms with van der Waals surface area (Å²) in [6, 6.07) is 5.71. The molecular weight excluding hydrogens is 387 g/mol. The molecule has 1 aliphatic carbocycles. The fraction of sp³-hybridized carbons (Fsp3) is 0.476. The number of aryl methyl sites for hydroxylation is 1. The molecule has 0 saturated heterocycles. The molecule has 0 bridgehead atoms. The van der Waals surface area contributed by atoms with Gasteiger partial charge in [0.2, 0.25) is 0 Å². The van der Waals surface area contributed by atoms with Crippen molar-refractivity contribution in [3.8, 4) is 5.75 Å². The van der Waals surface area contributed by atoms with E-state index >= 15 is 0 Å². The second kappa shape index (κ2) is 13.8. The first-order chi connectivity index (χ1) is 10.4. The molecule has 1 N–H and O–H groups in total. The van der Waals surface area contributed by atoms with Gasteiger partial charge in [-0.15, -0.1) is 13.3 Å². The number of benzene rings is 1. The summed E-state index contributed by atoms with van der Waals surface area (Å²) in [5.41, 5.74) is 5.11. The van der Waals surface area contributed by atoms with Crippen molar-refractivity contribution in [1.82, 2.24) is 0 Å². The van der Waals surface area contributed by atoms with Crippen LogP contribution in [0, 0.1) is 13.0 Å². The maximum atomic E-state index is 9.36. The van der Waals surface area contributed by atoms with Crippen LogP contribution < -0.4 is 24.8 Å². The zero-order valence-corrected chi connectivity index (χ0v) is 19.8. The van der Waals surface area contributed by atoms with Crippen molar-refractivity contribution in [3.63, 3.8) is 0 Å². The minimum Gasteiger partial charge on any atom is -1.00 e. The van der Waals surface area contributed by atoms with Crippen LogP contribution in [0.2, 0.25) is 0 Å². The molecule has 2 rings (SSSR count). The molecule has 0 amide bonds. The second-order valence-electron chi connectivity index (χ2n) is 7.20. The van der Waals surface area contributed by atoms with E-state index in [-0.39, 0.29) is 30.2 Å². The standard InChI is InChI=1S/C11H16O.C7H9.C3H6.2ClH.Ti/c1-8-5-9(11(2,3)4)7-10(12)6-8;1-6-4-3-5-7(6)2;1-3-2;;;/h5-7,12H,1-4H3;4H,3H2,1-2H3;1-2H3;2*1H;/q;-1;;;;+1/p-2. The predicted octanol–water partition coefficient (Wildman–Crippen LogP) is -0.163. The summed E-state index contributed by atoms with van der Waals surface area (Å²) in [4.78, 5) is 0. The number of hydrogen-bond donors (Lipinski definition) is 1. The first-order valence-electron chi connectivity index (χ1n) is 8.01. The summed E-state index contributed by atoms with van der Waals surface area (Å²) in [5.74, 6) is 0.361. The molecule has 0 aliphatic heterocycles. The Kier molecular flexibility index (Phi) is 16.3. The fourth-order valence-electron chi connectivity index (χ4n) is 1.85. The molecule has 4 heteroatoms. The van der Waals surface area contributed by atoms with Crippen molar-refractivity contribution in [1.29, 1.82) is 0 Å². The Morgan fingerprint density at radius 3 is 1.76 bits per heavy atom. The molecule has 0 unspecified atom stereocenters. The van der Waals surface area contributed by atoms with Gasteiger partial charge in [0.15, 0.2) is 0 Å². The minimum atomic E-state index is 0. The molecule has 0 heterocycles. The summed E-state index contributed by atoms with van der Waals surface area (Å²) in [6.45, 7) is 16.8. The van der Waals surface area contributed by atoms with Gasteiger partial charge in [0.25, 0.3) is 0 Å². The third kappa shape index (κ3) is 14.5. The van der Waals surface area contributed by atoms with Crippen LogP contribution in [-0.2, 0) is 25.4 Å². The Hall–Kier alpha value is -0.336.